The maximum absolute atomic E-state index is 14.1. The van der Waals surface area contributed by atoms with Crippen LogP contribution in [0.25, 0.3) is 28.2 Å². The first-order chi connectivity index (χ1) is 21.6. The fourth-order valence-electron chi connectivity index (χ4n) is 6.80. The van der Waals surface area contributed by atoms with E-state index in [1.165, 1.54) is 26.1 Å². The fraction of sp³-hybridized carbons (Fsp3) is 0.455. The van der Waals surface area contributed by atoms with Crippen LogP contribution in [0.3, 0.4) is 0 Å². The van der Waals surface area contributed by atoms with Crippen molar-refractivity contribution in [3.8, 4) is 17.0 Å². The summed E-state index contributed by atoms with van der Waals surface area (Å²) in [7, 11) is 0.339. The zero-order valence-corrected chi connectivity index (χ0v) is 26.7. The minimum absolute atomic E-state index is 0.148. The Hall–Kier alpha value is -3.71. The van der Waals surface area contributed by atoms with E-state index >= 15 is 0 Å². The number of aromatic nitrogens is 1. The van der Waals surface area contributed by atoms with Gasteiger partial charge in [-0.25, -0.2) is 4.72 Å². The molecule has 0 radical (unpaired) electrons. The van der Waals surface area contributed by atoms with Gasteiger partial charge in [0.05, 0.1) is 38.7 Å². The standard InChI is InChI=1S/C33H40N4O7S/c1-35(2)45(41,42)34-32(39)22-9-11-28-29(17-22)37-18-24(33(40)36-13-14-44-26(19-36)20-38)15-23-16-25(43-3)10-12-27(23)31(37)30(28)21-7-5-4-6-8-21/h9-12,15-17,21,26,38H,4-8,13-14,18-20H2,1-3H3,(H,34,39). The SMILES string of the molecule is COc1ccc2c(c1)C=C(C(=O)N1CCOC(CO)C1)Cn1c-2c(C2CCCCC2)c2ccc(C(=O)NS(=O)(=O)N(C)C)cc21. The highest BCUT2D eigenvalue weighted by molar-refractivity contribution is 7.87. The summed E-state index contributed by atoms with van der Waals surface area (Å²) in [5.74, 6) is 0.0937. The molecule has 1 saturated heterocycles. The third-order valence-corrected chi connectivity index (χ3v) is 10.6. The fourth-order valence-corrected chi connectivity index (χ4v) is 7.33. The molecule has 0 bridgehead atoms. The molecule has 1 aromatic heterocycles. The topological polar surface area (TPSA) is 130 Å². The summed E-state index contributed by atoms with van der Waals surface area (Å²) in [6.45, 7) is 1.11. The van der Waals surface area contributed by atoms with Gasteiger partial charge in [0.1, 0.15) is 5.75 Å². The maximum atomic E-state index is 14.1. The number of amides is 2. The van der Waals surface area contributed by atoms with Crippen LogP contribution in [0.15, 0.2) is 42.0 Å². The van der Waals surface area contributed by atoms with Gasteiger partial charge in [0.2, 0.25) is 0 Å². The molecule has 0 spiro atoms. The van der Waals surface area contributed by atoms with Crippen molar-refractivity contribution in [3.63, 3.8) is 0 Å². The van der Waals surface area contributed by atoms with Crippen molar-refractivity contribution in [3.05, 3.63) is 58.7 Å². The summed E-state index contributed by atoms with van der Waals surface area (Å²) in [5.41, 5.74) is 5.54. The highest BCUT2D eigenvalue weighted by atomic mass is 32.2. The number of nitrogens with zero attached hydrogens (tertiary/aromatic N) is 3. The smallest absolute Gasteiger partial charge is 0.303 e. The number of ether oxygens (including phenoxy) is 2. The molecule has 2 aliphatic heterocycles. The van der Waals surface area contributed by atoms with Gasteiger partial charge >= 0.3 is 10.2 Å². The lowest BCUT2D eigenvalue weighted by Gasteiger charge is -2.32. The van der Waals surface area contributed by atoms with Gasteiger partial charge in [-0.05, 0) is 66.3 Å². The predicted molar refractivity (Wildman–Crippen MR) is 171 cm³/mol. The number of aliphatic hydroxyl groups is 1. The normalized spacial score (nSPS) is 19.1. The summed E-state index contributed by atoms with van der Waals surface area (Å²) in [5, 5.41) is 10.7. The van der Waals surface area contributed by atoms with E-state index in [9.17, 15) is 23.1 Å². The van der Waals surface area contributed by atoms with Crippen molar-refractivity contribution in [2.45, 2.75) is 50.7 Å². The van der Waals surface area contributed by atoms with Gasteiger partial charge in [0.25, 0.3) is 11.8 Å². The van der Waals surface area contributed by atoms with E-state index < -0.39 is 22.2 Å². The molecular formula is C33H40N4O7S. The minimum atomic E-state index is -3.99. The summed E-state index contributed by atoms with van der Waals surface area (Å²) < 4.78 is 41.3. The first-order valence-corrected chi connectivity index (χ1v) is 16.9. The molecule has 3 heterocycles. The van der Waals surface area contributed by atoms with E-state index in [0.29, 0.717) is 30.4 Å². The van der Waals surface area contributed by atoms with E-state index in [1.807, 2.05) is 30.3 Å². The van der Waals surface area contributed by atoms with Crippen LogP contribution in [-0.2, 0) is 26.3 Å². The molecule has 2 aromatic carbocycles. The number of benzene rings is 2. The lowest BCUT2D eigenvalue weighted by molar-refractivity contribution is -0.136. The van der Waals surface area contributed by atoms with Crippen LogP contribution >= 0.6 is 0 Å². The van der Waals surface area contributed by atoms with Crippen molar-refractivity contribution in [2.24, 2.45) is 0 Å². The number of aliphatic hydroxyl groups excluding tert-OH is 1. The number of carbonyl (C=O) groups excluding carboxylic acids is 2. The van der Waals surface area contributed by atoms with E-state index in [-0.39, 0.29) is 31.2 Å². The van der Waals surface area contributed by atoms with E-state index in [2.05, 4.69) is 9.29 Å². The van der Waals surface area contributed by atoms with Crippen molar-refractivity contribution >= 4 is 39.0 Å². The molecule has 11 nitrogen and oxygen atoms in total. The van der Waals surface area contributed by atoms with Gasteiger partial charge in [0.15, 0.2) is 0 Å². The van der Waals surface area contributed by atoms with Crippen molar-refractivity contribution in [1.29, 1.82) is 0 Å². The summed E-state index contributed by atoms with van der Waals surface area (Å²) in [6.07, 6.45) is 7.00. The number of rotatable bonds is 7. The van der Waals surface area contributed by atoms with Gasteiger partial charge < -0.3 is 24.0 Å². The minimum Gasteiger partial charge on any atom is -0.497 e. The Morgan fingerprint density at radius 2 is 1.89 bits per heavy atom. The summed E-state index contributed by atoms with van der Waals surface area (Å²) in [4.78, 5) is 29.1. The van der Waals surface area contributed by atoms with Gasteiger partial charge in [-0.1, -0.05) is 25.3 Å². The number of fused-ring (bicyclic) bond motifs is 5. The Morgan fingerprint density at radius 3 is 2.60 bits per heavy atom. The largest absolute Gasteiger partial charge is 0.497 e. The van der Waals surface area contributed by atoms with Gasteiger partial charge in [-0.15, -0.1) is 0 Å². The second-order valence-corrected chi connectivity index (χ2v) is 14.1. The third-order valence-electron chi connectivity index (χ3n) is 9.16. The molecule has 1 unspecified atom stereocenters. The molecule has 1 aliphatic carbocycles. The van der Waals surface area contributed by atoms with E-state index in [4.69, 9.17) is 9.47 Å². The molecule has 1 atom stereocenters. The first kappa shape index (κ1) is 31.3. The second-order valence-electron chi connectivity index (χ2n) is 12.2. The first-order valence-electron chi connectivity index (χ1n) is 15.4. The molecule has 2 amide bonds. The molecule has 12 heteroatoms. The average Bonchev–Trinajstić information content (AvgIpc) is 3.26. The van der Waals surface area contributed by atoms with Gasteiger partial charge in [-0.2, -0.15) is 12.7 Å². The number of morpholine rings is 1. The van der Waals surface area contributed by atoms with Crippen LogP contribution in [0.4, 0.5) is 0 Å². The number of methoxy groups -OCH3 is 1. The molecule has 3 aromatic rings. The molecular weight excluding hydrogens is 596 g/mol. The zero-order valence-electron chi connectivity index (χ0n) is 25.9. The Kier molecular flexibility index (Phi) is 8.75. The molecule has 2 N–H and O–H groups in total. The lowest BCUT2D eigenvalue weighted by atomic mass is 9.81. The molecule has 6 rings (SSSR count). The van der Waals surface area contributed by atoms with E-state index in [1.54, 1.807) is 24.1 Å². The monoisotopic (exact) mass is 636 g/mol. The Balaban J connectivity index is 1.54. The molecule has 1 saturated carbocycles. The van der Waals surface area contributed by atoms with Crippen LogP contribution in [0.5, 0.6) is 5.75 Å². The Labute approximate surface area is 263 Å². The summed E-state index contributed by atoms with van der Waals surface area (Å²) in [6, 6.07) is 11.2. The van der Waals surface area contributed by atoms with Crippen molar-refractivity contribution < 1.29 is 32.6 Å². The van der Waals surface area contributed by atoms with Crippen molar-refractivity contribution in [1.82, 2.24) is 18.5 Å². The van der Waals surface area contributed by atoms with Crippen LogP contribution in [-0.4, -0.2) is 92.7 Å². The average molecular weight is 637 g/mol. The third kappa shape index (κ3) is 5.99. The van der Waals surface area contributed by atoms with Crippen LogP contribution < -0.4 is 9.46 Å². The van der Waals surface area contributed by atoms with E-state index in [0.717, 1.165) is 57.7 Å². The second kappa shape index (κ2) is 12.6. The molecule has 3 aliphatic rings. The highest BCUT2D eigenvalue weighted by Crippen LogP contribution is 2.47. The number of hydrogen-bond donors (Lipinski definition) is 2. The Morgan fingerprint density at radius 1 is 1.11 bits per heavy atom. The Bertz CT molecular complexity index is 1770. The van der Waals surface area contributed by atoms with Crippen LogP contribution in [0, 0.1) is 0 Å². The number of nitrogens with one attached hydrogen (secondary N) is 1. The maximum Gasteiger partial charge on any atom is 0.303 e. The lowest BCUT2D eigenvalue weighted by Crippen LogP contribution is -2.47. The van der Waals surface area contributed by atoms with Crippen LogP contribution in [0.2, 0.25) is 0 Å². The van der Waals surface area contributed by atoms with Crippen LogP contribution in [0.1, 0.15) is 59.5 Å². The molecule has 45 heavy (non-hydrogen) atoms. The van der Waals surface area contributed by atoms with Gasteiger partial charge in [-0.3, -0.25) is 9.59 Å². The quantitative estimate of drug-likeness (QED) is 0.406. The zero-order chi connectivity index (χ0) is 31.9. The predicted octanol–water partition coefficient (Wildman–Crippen LogP) is 3.52. The van der Waals surface area contributed by atoms with Crippen molar-refractivity contribution in [2.75, 3.05) is 47.5 Å². The number of hydrogen-bond acceptors (Lipinski definition) is 7. The molecule has 2 fully saturated rings. The number of carbonyl (C=O) groups is 2. The van der Waals surface area contributed by atoms with Gasteiger partial charge in [0, 0.05) is 54.8 Å². The summed E-state index contributed by atoms with van der Waals surface area (Å²) >= 11 is 0. The molecule has 240 valence electrons. The highest BCUT2D eigenvalue weighted by Gasteiger charge is 2.33.